The van der Waals surface area contributed by atoms with Gasteiger partial charge in [-0.25, -0.2) is 4.39 Å². The molecule has 0 amide bonds. The van der Waals surface area contributed by atoms with E-state index in [4.69, 9.17) is 17.3 Å². The molecule has 4 nitrogen and oxygen atoms in total. The summed E-state index contributed by atoms with van der Waals surface area (Å²) in [4.78, 5) is 4.07. The highest BCUT2D eigenvalue weighted by molar-refractivity contribution is 6.31. The number of nitrogens with zero attached hydrogens (tertiary/aromatic N) is 3. The van der Waals surface area contributed by atoms with Crippen LogP contribution < -0.4 is 5.73 Å². The number of nitrogen functional groups attached to an aromatic ring is 1. The van der Waals surface area contributed by atoms with Gasteiger partial charge >= 0.3 is 0 Å². The van der Waals surface area contributed by atoms with Gasteiger partial charge in [0.25, 0.3) is 0 Å². The summed E-state index contributed by atoms with van der Waals surface area (Å²) in [7, 11) is 1.71. The van der Waals surface area contributed by atoms with Gasteiger partial charge in [-0.1, -0.05) is 23.7 Å². The van der Waals surface area contributed by atoms with Gasteiger partial charge in [-0.2, -0.15) is 5.10 Å². The van der Waals surface area contributed by atoms with Crippen LogP contribution in [0.3, 0.4) is 0 Å². The number of rotatable bonds is 2. The van der Waals surface area contributed by atoms with Crippen molar-refractivity contribution in [2.24, 2.45) is 7.05 Å². The summed E-state index contributed by atoms with van der Waals surface area (Å²) in [6, 6.07) is 8.45. The maximum Gasteiger partial charge on any atom is 0.151 e. The van der Waals surface area contributed by atoms with E-state index in [9.17, 15) is 4.39 Å². The molecule has 3 aromatic rings. The number of halogens is 2. The highest BCUT2D eigenvalue weighted by Crippen LogP contribution is 2.37. The van der Waals surface area contributed by atoms with Gasteiger partial charge in [0.1, 0.15) is 11.5 Å². The van der Waals surface area contributed by atoms with E-state index in [1.807, 2.05) is 6.07 Å². The van der Waals surface area contributed by atoms with Gasteiger partial charge < -0.3 is 5.73 Å². The van der Waals surface area contributed by atoms with Crippen LogP contribution in [-0.2, 0) is 7.05 Å². The van der Waals surface area contributed by atoms with Gasteiger partial charge in [-0.05, 0) is 18.2 Å². The Labute approximate surface area is 126 Å². The summed E-state index contributed by atoms with van der Waals surface area (Å²) in [6.45, 7) is 0. The van der Waals surface area contributed by atoms with Crippen molar-refractivity contribution in [3.8, 4) is 22.4 Å². The van der Waals surface area contributed by atoms with E-state index in [1.165, 1.54) is 10.7 Å². The average molecular weight is 303 g/mol. The van der Waals surface area contributed by atoms with Crippen molar-refractivity contribution in [2.45, 2.75) is 0 Å². The fourth-order valence-electron chi connectivity index (χ4n) is 2.21. The van der Waals surface area contributed by atoms with Crippen LogP contribution in [0, 0.1) is 5.82 Å². The molecular formula is C15H12ClFN4. The summed E-state index contributed by atoms with van der Waals surface area (Å²) in [6.07, 6.45) is 3.33. The highest BCUT2D eigenvalue weighted by atomic mass is 35.5. The zero-order valence-electron chi connectivity index (χ0n) is 11.2. The predicted molar refractivity (Wildman–Crippen MR) is 81.3 cm³/mol. The van der Waals surface area contributed by atoms with E-state index >= 15 is 0 Å². The molecule has 21 heavy (non-hydrogen) atoms. The van der Waals surface area contributed by atoms with Crippen LogP contribution in [0.1, 0.15) is 0 Å². The fourth-order valence-corrected chi connectivity index (χ4v) is 2.38. The molecule has 1 aromatic carbocycles. The Morgan fingerprint density at radius 3 is 2.76 bits per heavy atom. The Morgan fingerprint density at radius 2 is 2.05 bits per heavy atom. The molecule has 0 saturated carbocycles. The molecule has 0 radical (unpaired) electrons. The molecule has 2 N–H and O–H groups in total. The van der Waals surface area contributed by atoms with Crippen molar-refractivity contribution < 1.29 is 4.39 Å². The Balaban J connectivity index is 2.30. The van der Waals surface area contributed by atoms with Gasteiger partial charge in [-0.3, -0.25) is 9.67 Å². The standard InChI is InChI=1S/C15H12ClFN4/c1-21-15(18)12(9-4-3-7-19-8-9)14(20-21)10-5-2-6-11(16)13(10)17/h2-8H,18H2,1H3. The second-order valence-electron chi connectivity index (χ2n) is 4.58. The molecule has 0 bridgehead atoms. The smallest absolute Gasteiger partial charge is 0.151 e. The zero-order chi connectivity index (χ0) is 15.0. The van der Waals surface area contributed by atoms with Gasteiger partial charge in [-0.15, -0.1) is 0 Å². The first kappa shape index (κ1) is 13.6. The van der Waals surface area contributed by atoms with E-state index in [0.717, 1.165) is 5.56 Å². The van der Waals surface area contributed by atoms with Gasteiger partial charge in [0.05, 0.1) is 10.6 Å². The maximum atomic E-state index is 14.3. The van der Waals surface area contributed by atoms with E-state index in [0.29, 0.717) is 22.6 Å². The molecule has 0 atom stereocenters. The average Bonchev–Trinajstić information content (AvgIpc) is 2.78. The summed E-state index contributed by atoms with van der Waals surface area (Å²) >= 11 is 5.86. The van der Waals surface area contributed by atoms with Gasteiger partial charge in [0.15, 0.2) is 5.82 Å². The number of anilines is 1. The van der Waals surface area contributed by atoms with E-state index in [1.54, 1.807) is 37.6 Å². The third-order valence-electron chi connectivity index (χ3n) is 3.25. The first-order valence-electron chi connectivity index (χ1n) is 6.27. The third-order valence-corrected chi connectivity index (χ3v) is 3.54. The first-order chi connectivity index (χ1) is 10.1. The number of aromatic nitrogens is 3. The van der Waals surface area contributed by atoms with Crippen molar-refractivity contribution in [3.63, 3.8) is 0 Å². The summed E-state index contributed by atoms with van der Waals surface area (Å²) < 4.78 is 15.8. The fraction of sp³-hybridized carbons (Fsp3) is 0.0667. The number of benzene rings is 1. The number of nitrogens with two attached hydrogens (primary N) is 1. The lowest BCUT2D eigenvalue weighted by Crippen LogP contribution is -1.98. The quantitative estimate of drug-likeness (QED) is 0.788. The van der Waals surface area contributed by atoms with E-state index in [-0.39, 0.29) is 5.02 Å². The van der Waals surface area contributed by atoms with Crippen molar-refractivity contribution in [3.05, 3.63) is 53.6 Å². The summed E-state index contributed by atoms with van der Waals surface area (Å²) in [5, 5.41) is 4.37. The van der Waals surface area contributed by atoms with Crippen LogP contribution >= 0.6 is 11.6 Å². The second kappa shape index (κ2) is 5.18. The summed E-state index contributed by atoms with van der Waals surface area (Å²) in [5.74, 6) is -0.0696. The van der Waals surface area contributed by atoms with Crippen molar-refractivity contribution in [1.29, 1.82) is 0 Å². The lowest BCUT2D eigenvalue weighted by molar-refractivity contribution is 0.630. The van der Waals surface area contributed by atoms with Gasteiger partial charge in [0, 0.05) is 30.6 Å². The molecule has 3 rings (SSSR count). The van der Waals surface area contributed by atoms with E-state index < -0.39 is 5.82 Å². The third kappa shape index (κ3) is 2.25. The topological polar surface area (TPSA) is 56.7 Å². The van der Waals surface area contributed by atoms with Crippen LogP contribution in [0.5, 0.6) is 0 Å². The minimum atomic E-state index is -0.512. The number of pyridine rings is 1. The molecule has 0 aliphatic carbocycles. The van der Waals surface area contributed by atoms with Gasteiger partial charge in [0.2, 0.25) is 0 Å². The molecule has 6 heteroatoms. The molecule has 106 valence electrons. The van der Waals surface area contributed by atoms with Crippen molar-refractivity contribution in [2.75, 3.05) is 5.73 Å². The molecule has 0 saturated heterocycles. The molecule has 2 heterocycles. The van der Waals surface area contributed by atoms with E-state index in [2.05, 4.69) is 10.1 Å². The lowest BCUT2D eigenvalue weighted by atomic mass is 10.0. The molecule has 0 aliphatic heterocycles. The first-order valence-corrected chi connectivity index (χ1v) is 6.64. The molecule has 0 unspecified atom stereocenters. The Bertz CT molecular complexity index is 799. The van der Waals surface area contributed by atoms with Crippen molar-refractivity contribution >= 4 is 17.4 Å². The Hall–Kier alpha value is -2.40. The number of hydrogen-bond acceptors (Lipinski definition) is 3. The Kier molecular flexibility index (Phi) is 3.35. The zero-order valence-corrected chi connectivity index (χ0v) is 12.0. The van der Waals surface area contributed by atoms with Crippen LogP contribution in [0.2, 0.25) is 5.02 Å². The van der Waals surface area contributed by atoms with Crippen LogP contribution in [0.15, 0.2) is 42.7 Å². The molecule has 0 spiro atoms. The monoisotopic (exact) mass is 302 g/mol. The lowest BCUT2D eigenvalue weighted by Gasteiger charge is -2.05. The minimum absolute atomic E-state index is 0.0499. The largest absolute Gasteiger partial charge is 0.383 e. The van der Waals surface area contributed by atoms with Crippen LogP contribution in [-0.4, -0.2) is 14.8 Å². The minimum Gasteiger partial charge on any atom is -0.383 e. The SMILES string of the molecule is Cn1nc(-c2cccc(Cl)c2F)c(-c2cccnc2)c1N. The normalized spacial score (nSPS) is 10.8. The summed E-state index contributed by atoms with van der Waals surface area (Å²) in [5.41, 5.74) is 8.26. The molecule has 0 fully saturated rings. The molecule has 2 aromatic heterocycles. The van der Waals surface area contributed by atoms with Crippen LogP contribution in [0.25, 0.3) is 22.4 Å². The Morgan fingerprint density at radius 1 is 1.24 bits per heavy atom. The predicted octanol–water partition coefficient (Wildman–Crippen LogP) is 3.52. The van der Waals surface area contributed by atoms with Crippen LogP contribution in [0.4, 0.5) is 10.2 Å². The second-order valence-corrected chi connectivity index (χ2v) is 4.98. The molecular weight excluding hydrogens is 291 g/mol. The highest BCUT2D eigenvalue weighted by Gasteiger charge is 2.20. The maximum absolute atomic E-state index is 14.3. The number of aryl methyl sites for hydroxylation is 1. The number of hydrogen-bond donors (Lipinski definition) is 1. The van der Waals surface area contributed by atoms with Crippen molar-refractivity contribution in [1.82, 2.24) is 14.8 Å². The molecule has 0 aliphatic rings.